The van der Waals surface area contributed by atoms with Crippen molar-refractivity contribution >= 4 is 34.9 Å². The van der Waals surface area contributed by atoms with Crippen LogP contribution in [0.4, 0.5) is 5.69 Å². The van der Waals surface area contributed by atoms with E-state index in [9.17, 15) is 9.59 Å². The van der Waals surface area contributed by atoms with Gasteiger partial charge in [-0.15, -0.1) is 0 Å². The van der Waals surface area contributed by atoms with E-state index in [1.807, 2.05) is 18.2 Å². The molecule has 2 aromatic rings. The first kappa shape index (κ1) is 19.6. The van der Waals surface area contributed by atoms with Crippen LogP contribution in [0.15, 0.2) is 65.0 Å². The maximum absolute atomic E-state index is 13.1. The van der Waals surface area contributed by atoms with Crippen LogP contribution in [0.3, 0.4) is 0 Å². The molecule has 0 spiro atoms. The summed E-state index contributed by atoms with van der Waals surface area (Å²) in [5.74, 6) is -0.847. The van der Waals surface area contributed by atoms with Crippen LogP contribution in [-0.4, -0.2) is 29.7 Å². The highest BCUT2D eigenvalue weighted by atomic mass is 35.5. The number of anilines is 1. The first-order chi connectivity index (χ1) is 13.5. The topological polar surface area (TPSA) is 83.9 Å². The van der Waals surface area contributed by atoms with E-state index in [1.54, 1.807) is 37.4 Å². The van der Waals surface area contributed by atoms with E-state index in [4.69, 9.17) is 16.3 Å². The van der Waals surface area contributed by atoms with Crippen molar-refractivity contribution in [3.63, 3.8) is 0 Å². The first-order valence-corrected chi connectivity index (χ1v) is 8.97. The van der Waals surface area contributed by atoms with Gasteiger partial charge in [-0.2, -0.15) is 10.1 Å². The molecule has 3 rings (SSSR count). The van der Waals surface area contributed by atoms with Crippen LogP contribution in [-0.2, 0) is 20.9 Å². The van der Waals surface area contributed by atoms with Crippen LogP contribution in [0.1, 0.15) is 19.0 Å². The van der Waals surface area contributed by atoms with Gasteiger partial charge < -0.3 is 10.1 Å². The molecule has 1 N–H and O–H groups in total. The number of carbonyl (C=O) groups is 2. The van der Waals surface area contributed by atoms with E-state index in [-0.39, 0.29) is 12.3 Å². The number of pyridine rings is 1. The van der Waals surface area contributed by atoms with Gasteiger partial charge in [-0.05, 0) is 31.2 Å². The largest absolute Gasteiger partial charge is 0.469 e. The van der Waals surface area contributed by atoms with Crippen LogP contribution in [0.25, 0.3) is 0 Å². The summed E-state index contributed by atoms with van der Waals surface area (Å²) in [5.41, 5.74) is 2.50. The molecule has 0 bridgehead atoms. The number of aromatic nitrogens is 1. The number of hydrogen-bond acceptors (Lipinski definition) is 6. The van der Waals surface area contributed by atoms with Gasteiger partial charge in [0, 0.05) is 11.9 Å². The summed E-state index contributed by atoms with van der Waals surface area (Å²) >= 11 is 6.22. The van der Waals surface area contributed by atoms with Gasteiger partial charge in [0.05, 0.1) is 47.8 Å². The predicted molar refractivity (Wildman–Crippen MR) is 107 cm³/mol. The zero-order chi connectivity index (χ0) is 20.1. The molecule has 0 unspecified atom stereocenters. The third kappa shape index (κ3) is 4.20. The minimum absolute atomic E-state index is 0.124. The van der Waals surface area contributed by atoms with E-state index >= 15 is 0 Å². The van der Waals surface area contributed by atoms with Gasteiger partial charge in [0.2, 0.25) is 0 Å². The van der Waals surface area contributed by atoms with Gasteiger partial charge in [0.25, 0.3) is 5.91 Å². The average Bonchev–Trinajstić information content (AvgIpc) is 3.02. The van der Waals surface area contributed by atoms with Gasteiger partial charge >= 0.3 is 5.97 Å². The molecule has 0 saturated carbocycles. The van der Waals surface area contributed by atoms with Crippen molar-refractivity contribution in [1.29, 1.82) is 0 Å². The average molecular weight is 399 g/mol. The van der Waals surface area contributed by atoms with Crippen molar-refractivity contribution < 1.29 is 14.3 Å². The zero-order valence-corrected chi connectivity index (χ0v) is 16.2. The van der Waals surface area contributed by atoms with Gasteiger partial charge in [0.1, 0.15) is 0 Å². The number of nitrogens with one attached hydrogen (secondary N) is 1. The Kier molecular flexibility index (Phi) is 6.06. The fraction of sp³-hybridized carbons (Fsp3) is 0.200. The molecule has 2 heterocycles. The number of nitrogens with zero attached hydrogens (tertiary/aromatic N) is 3. The van der Waals surface area contributed by atoms with Crippen molar-refractivity contribution in [3.8, 4) is 0 Å². The lowest BCUT2D eigenvalue weighted by atomic mass is 10.1. The monoisotopic (exact) mass is 398 g/mol. The standard InChI is InChI=1S/C20H19ClN4O3/c1-13(23-12-14-7-5-6-10-22-14)19-16(11-18(26)28-2)24-25(20(19)27)17-9-4-3-8-15(17)21/h3-10,23H,11-12H2,1-2H3/b19-13+. The summed E-state index contributed by atoms with van der Waals surface area (Å²) < 4.78 is 4.74. The Morgan fingerprint density at radius 3 is 2.64 bits per heavy atom. The van der Waals surface area contributed by atoms with Crippen LogP contribution in [0.5, 0.6) is 0 Å². The highest BCUT2D eigenvalue weighted by Crippen LogP contribution is 2.31. The third-order valence-electron chi connectivity index (χ3n) is 4.17. The summed E-state index contributed by atoms with van der Waals surface area (Å²) in [5, 5.41) is 9.13. The Bertz CT molecular complexity index is 957. The summed E-state index contributed by atoms with van der Waals surface area (Å²) in [6.45, 7) is 2.19. The molecule has 0 atom stereocenters. The lowest BCUT2D eigenvalue weighted by Crippen LogP contribution is -2.25. The predicted octanol–water partition coefficient (Wildman–Crippen LogP) is 3.06. The normalized spacial score (nSPS) is 15.3. The molecule has 0 fully saturated rings. The van der Waals surface area contributed by atoms with Crippen LogP contribution >= 0.6 is 11.6 Å². The number of allylic oxidation sites excluding steroid dienone is 1. The quantitative estimate of drug-likeness (QED) is 0.597. The Hall–Kier alpha value is -3.19. The number of para-hydroxylation sites is 1. The van der Waals surface area contributed by atoms with Crippen LogP contribution in [0.2, 0.25) is 5.02 Å². The van der Waals surface area contributed by atoms with Crippen molar-refractivity contribution in [2.45, 2.75) is 19.9 Å². The molecule has 7 nitrogen and oxygen atoms in total. The fourth-order valence-corrected chi connectivity index (χ4v) is 2.97. The molecule has 1 aromatic carbocycles. The minimum atomic E-state index is -0.484. The SMILES string of the molecule is COC(=O)CC1=NN(c2ccccc2Cl)C(=O)/C1=C(\C)NCc1ccccn1. The number of esters is 1. The molecule has 0 saturated heterocycles. The van der Waals surface area contributed by atoms with Gasteiger partial charge in [-0.25, -0.2) is 0 Å². The highest BCUT2D eigenvalue weighted by Gasteiger charge is 2.35. The number of ether oxygens (including phenoxy) is 1. The maximum Gasteiger partial charge on any atom is 0.311 e. The summed E-state index contributed by atoms with van der Waals surface area (Å²) in [6, 6.07) is 12.5. The molecule has 1 aliphatic rings. The smallest absolute Gasteiger partial charge is 0.311 e. The summed E-state index contributed by atoms with van der Waals surface area (Å²) in [6.07, 6.45) is 1.57. The number of carbonyl (C=O) groups excluding carboxylic acids is 2. The second-order valence-electron chi connectivity index (χ2n) is 6.04. The van der Waals surface area contributed by atoms with Crippen LogP contribution < -0.4 is 10.3 Å². The maximum atomic E-state index is 13.1. The van der Waals surface area contributed by atoms with Gasteiger partial charge in [-0.1, -0.05) is 29.8 Å². The number of hydrogen-bond donors (Lipinski definition) is 1. The Balaban J connectivity index is 1.93. The number of methoxy groups -OCH3 is 1. The van der Waals surface area contributed by atoms with Crippen molar-refractivity contribution in [1.82, 2.24) is 10.3 Å². The molecule has 1 amide bonds. The van der Waals surface area contributed by atoms with E-state index in [0.717, 1.165) is 5.69 Å². The Labute approximate surface area is 167 Å². The van der Waals surface area contributed by atoms with Crippen molar-refractivity contribution in [2.24, 2.45) is 5.10 Å². The number of hydrazone groups is 1. The fourth-order valence-electron chi connectivity index (χ4n) is 2.76. The molecule has 8 heteroatoms. The van der Waals surface area contributed by atoms with Crippen molar-refractivity contribution in [3.05, 3.63) is 70.6 Å². The molecule has 0 aliphatic carbocycles. The van der Waals surface area contributed by atoms with Crippen molar-refractivity contribution in [2.75, 3.05) is 12.1 Å². The molecular formula is C20H19ClN4O3. The number of benzene rings is 1. The number of halogens is 1. The third-order valence-corrected chi connectivity index (χ3v) is 4.49. The van der Waals surface area contributed by atoms with E-state index in [1.165, 1.54) is 12.1 Å². The van der Waals surface area contributed by atoms with E-state index in [2.05, 4.69) is 15.4 Å². The number of amides is 1. The first-order valence-electron chi connectivity index (χ1n) is 8.59. The van der Waals surface area contributed by atoms with E-state index < -0.39 is 5.97 Å². The Morgan fingerprint density at radius 1 is 1.21 bits per heavy atom. The zero-order valence-electron chi connectivity index (χ0n) is 15.5. The Morgan fingerprint density at radius 2 is 1.96 bits per heavy atom. The molecule has 1 aromatic heterocycles. The second kappa shape index (κ2) is 8.67. The highest BCUT2D eigenvalue weighted by molar-refractivity contribution is 6.37. The van der Waals surface area contributed by atoms with E-state index in [0.29, 0.717) is 34.2 Å². The molecule has 28 heavy (non-hydrogen) atoms. The van der Waals surface area contributed by atoms with Gasteiger partial charge in [-0.3, -0.25) is 14.6 Å². The lowest BCUT2D eigenvalue weighted by Gasteiger charge is -2.14. The van der Waals surface area contributed by atoms with Gasteiger partial charge in [0.15, 0.2) is 0 Å². The summed E-state index contributed by atoms with van der Waals surface area (Å²) in [4.78, 5) is 29.1. The molecule has 1 aliphatic heterocycles. The van der Waals surface area contributed by atoms with Crippen LogP contribution in [0, 0.1) is 0 Å². The second-order valence-corrected chi connectivity index (χ2v) is 6.45. The number of rotatable bonds is 6. The molecule has 144 valence electrons. The molecular weight excluding hydrogens is 380 g/mol. The minimum Gasteiger partial charge on any atom is -0.469 e. The molecule has 0 radical (unpaired) electrons. The lowest BCUT2D eigenvalue weighted by molar-refractivity contribution is -0.139. The summed E-state index contributed by atoms with van der Waals surface area (Å²) in [7, 11) is 1.29.